The van der Waals surface area contributed by atoms with Gasteiger partial charge in [0.15, 0.2) is 0 Å². The summed E-state index contributed by atoms with van der Waals surface area (Å²) in [5.74, 6) is 0. The topological polar surface area (TPSA) is 0 Å². The van der Waals surface area contributed by atoms with Crippen LogP contribution in [0.5, 0.6) is 0 Å². The van der Waals surface area contributed by atoms with Crippen molar-refractivity contribution in [1.29, 1.82) is 0 Å². The SMILES string of the molecule is CC=CC.CC[N+](C)(C)C.[Cl-]. The maximum Gasteiger partial charge on any atom is 0.0751 e. The van der Waals surface area contributed by atoms with Crippen LogP contribution in [0.3, 0.4) is 0 Å². The van der Waals surface area contributed by atoms with Gasteiger partial charge >= 0.3 is 0 Å². The molecule has 1 nitrogen and oxygen atoms in total. The van der Waals surface area contributed by atoms with E-state index in [9.17, 15) is 0 Å². The lowest BCUT2D eigenvalue weighted by Gasteiger charge is -2.20. The van der Waals surface area contributed by atoms with Gasteiger partial charge in [-0.3, -0.25) is 0 Å². The molecule has 11 heavy (non-hydrogen) atoms. The molecule has 0 fully saturated rings. The Morgan fingerprint density at radius 1 is 1.00 bits per heavy atom. The highest BCUT2D eigenvalue weighted by Crippen LogP contribution is 1.83. The van der Waals surface area contributed by atoms with Gasteiger partial charge in [0.1, 0.15) is 0 Å². The van der Waals surface area contributed by atoms with Gasteiger partial charge < -0.3 is 16.9 Å². The highest BCUT2D eigenvalue weighted by Gasteiger charge is 1.97. The number of allylic oxidation sites excluding steroid dienone is 2. The molecule has 0 aliphatic rings. The summed E-state index contributed by atoms with van der Waals surface area (Å²) >= 11 is 0. The molecule has 0 amide bonds. The molecule has 0 unspecified atom stereocenters. The molecule has 0 heterocycles. The minimum atomic E-state index is 0. The normalized spacial score (nSPS) is 10.0. The number of hydrogen-bond acceptors (Lipinski definition) is 0. The lowest BCUT2D eigenvalue weighted by molar-refractivity contribution is -0.868. The van der Waals surface area contributed by atoms with E-state index in [-0.39, 0.29) is 12.4 Å². The summed E-state index contributed by atoms with van der Waals surface area (Å²) in [5.41, 5.74) is 0. The predicted octanol–water partition coefficient (Wildman–Crippen LogP) is -0.701. The van der Waals surface area contributed by atoms with Gasteiger partial charge in [-0.2, -0.15) is 0 Å². The highest BCUT2D eigenvalue weighted by atomic mass is 35.5. The fraction of sp³-hybridized carbons (Fsp3) is 0.778. The van der Waals surface area contributed by atoms with Crippen molar-refractivity contribution in [1.82, 2.24) is 0 Å². The van der Waals surface area contributed by atoms with Crippen molar-refractivity contribution < 1.29 is 16.9 Å². The van der Waals surface area contributed by atoms with Crippen molar-refractivity contribution in [3.05, 3.63) is 12.2 Å². The van der Waals surface area contributed by atoms with Gasteiger partial charge in [-0.1, -0.05) is 12.2 Å². The summed E-state index contributed by atoms with van der Waals surface area (Å²) in [6.07, 6.45) is 4.00. The average molecular weight is 180 g/mol. The maximum atomic E-state index is 2.18. The van der Waals surface area contributed by atoms with E-state index in [2.05, 4.69) is 28.1 Å². The van der Waals surface area contributed by atoms with Crippen LogP contribution in [0.15, 0.2) is 12.2 Å². The second kappa shape index (κ2) is 9.99. The van der Waals surface area contributed by atoms with Crippen LogP contribution >= 0.6 is 0 Å². The van der Waals surface area contributed by atoms with Crippen LogP contribution in [0, 0.1) is 0 Å². The number of hydrogen-bond donors (Lipinski definition) is 0. The molecular formula is C9H22ClN. The highest BCUT2D eigenvalue weighted by molar-refractivity contribution is 4.68. The Bertz CT molecular complexity index is 78.1. The van der Waals surface area contributed by atoms with Crippen molar-refractivity contribution in [3.63, 3.8) is 0 Å². The van der Waals surface area contributed by atoms with Gasteiger partial charge in [-0.25, -0.2) is 0 Å². The summed E-state index contributed by atoms with van der Waals surface area (Å²) in [6, 6.07) is 0. The van der Waals surface area contributed by atoms with Gasteiger partial charge in [0.05, 0.1) is 27.7 Å². The minimum Gasteiger partial charge on any atom is -1.00 e. The molecule has 0 aromatic heterocycles. The molecule has 0 aromatic rings. The van der Waals surface area contributed by atoms with E-state index < -0.39 is 0 Å². The second-order valence-electron chi connectivity index (χ2n) is 3.27. The molecule has 0 radical (unpaired) electrons. The summed E-state index contributed by atoms with van der Waals surface area (Å²) < 4.78 is 1.07. The summed E-state index contributed by atoms with van der Waals surface area (Å²) in [4.78, 5) is 0. The molecule has 0 spiro atoms. The third kappa shape index (κ3) is 40.1. The van der Waals surface area contributed by atoms with Crippen LogP contribution in [-0.4, -0.2) is 32.2 Å². The summed E-state index contributed by atoms with van der Waals surface area (Å²) in [5, 5.41) is 0. The Hall–Kier alpha value is -0.0100. The number of halogens is 1. The largest absolute Gasteiger partial charge is 1.00 e. The molecule has 0 aromatic carbocycles. The van der Waals surface area contributed by atoms with Gasteiger partial charge in [0.2, 0.25) is 0 Å². The third-order valence-electron chi connectivity index (χ3n) is 1.28. The molecule has 0 aliphatic carbocycles. The first-order valence-corrected chi connectivity index (χ1v) is 3.85. The Kier molecular flexibility index (Phi) is 15.6. The van der Waals surface area contributed by atoms with Crippen LogP contribution in [0.2, 0.25) is 0 Å². The Morgan fingerprint density at radius 3 is 1.18 bits per heavy atom. The quantitative estimate of drug-likeness (QED) is 0.369. The number of quaternary nitrogens is 1. The van der Waals surface area contributed by atoms with Crippen molar-refractivity contribution in [2.45, 2.75) is 20.8 Å². The monoisotopic (exact) mass is 179 g/mol. The first-order chi connectivity index (χ1) is 4.47. The van der Waals surface area contributed by atoms with Gasteiger partial charge in [0.25, 0.3) is 0 Å². The molecule has 0 atom stereocenters. The van der Waals surface area contributed by atoms with E-state index in [0.29, 0.717) is 0 Å². The van der Waals surface area contributed by atoms with Crippen LogP contribution in [0.1, 0.15) is 20.8 Å². The molecule has 0 saturated carbocycles. The molecule has 2 heteroatoms. The van der Waals surface area contributed by atoms with Gasteiger partial charge in [-0.05, 0) is 20.8 Å². The van der Waals surface area contributed by atoms with E-state index in [1.54, 1.807) is 0 Å². The smallest absolute Gasteiger partial charge is 0.0751 e. The van der Waals surface area contributed by atoms with Crippen molar-refractivity contribution in [3.8, 4) is 0 Å². The zero-order chi connectivity index (χ0) is 8.62. The van der Waals surface area contributed by atoms with E-state index in [1.165, 1.54) is 6.54 Å². The fourth-order valence-corrected chi connectivity index (χ4v) is 0. The van der Waals surface area contributed by atoms with E-state index >= 15 is 0 Å². The molecule has 0 rings (SSSR count). The molecule has 0 saturated heterocycles. The van der Waals surface area contributed by atoms with E-state index in [4.69, 9.17) is 0 Å². The number of nitrogens with zero attached hydrogens (tertiary/aromatic N) is 1. The van der Waals surface area contributed by atoms with Crippen molar-refractivity contribution >= 4 is 0 Å². The first-order valence-electron chi connectivity index (χ1n) is 3.85. The van der Waals surface area contributed by atoms with Crippen LogP contribution in [-0.2, 0) is 0 Å². The first kappa shape index (κ1) is 17.2. The Balaban J connectivity index is -0.000000114. The average Bonchev–Trinajstić information content (AvgIpc) is 1.87. The molecule has 0 bridgehead atoms. The third-order valence-corrected chi connectivity index (χ3v) is 1.28. The molecule has 0 aliphatic heterocycles. The number of rotatable bonds is 1. The summed E-state index contributed by atoms with van der Waals surface area (Å²) in [6.45, 7) is 7.39. The van der Waals surface area contributed by atoms with Gasteiger partial charge in [0, 0.05) is 0 Å². The van der Waals surface area contributed by atoms with Crippen LogP contribution in [0.4, 0.5) is 0 Å². The van der Waals surface area contributed by atoms with Crippen molar-refractivity contribution in [2.24, 2.45) is 0 Å². The zero-order valence-electron chi connectivity index (χ0n) is 8.69. The standard InChI is InChI=1S/C5H14N.C4H8.ClH/c1-5-6(2,3)4;1-3-4-2;/h5H2,1-4H3;3-4H,1-2H3;1H/q+1;;/p-1. The lowest BCUT2D eigenvalue weighted by Crippen LogP contribution is -3.00. The molecule has 0 N–H and O–H groups in total. The predicted molar refractivity (Wildman–Crippen MR) is 49.1 cm³/mol. The lowest BCUT2D eigenvalue weighted by atomic mass is 10.6. The zero-order valence-corrected chi connectivity index (χ0v) is 9.44. The van der Waals surface area contributed by atoms with Crippen molar-refractivity contribution in [2.75, 3.05) is 27.7 Å². The van der Waals surface area contributed by atoms with E-state index in [1.807, 2.05) is 26.0 Å². The second-order valence-corrected chi connectivity index (χ2v) is 3.27. The molecule has 70 valence electrons. The molecular weight excluding hydrogens is 158 g/mol. The summed E-state index contributed by atoms with van der Waals surface area (Å²) in [7, 11) is 6.54. The van der Waals surface area contributed by atoms with Crippen LogP contribution < -0.4 is 12.4 Å². The maximum absolute atomic E-state index is 2.18. The van der Waals surface area contributed by atoms with E-state index in [0.717, 1.165) is 4.48 Å². The fourth-order valence-electron chi connectivity index (χ4n) is 0. The Morgan fingerprint density at radius 2 is 1.18 bits per heavy atom. The minimum absolute atomic E-state index is 0. The Labute approximate surface area is 78.1 Å². The van der Waals surface area contributed by atoms with Gasteiger partial charge in [-0.15, -0.1) is 0 Å². The van der Waals surface area contributed by atoms with Crippen LogP contribution in [0.25, 0.3) is 0 Å².